The fraction of sp³-hybridized carbons (Fsp3) is 0.269. The summed E-state index contributed by atoms with van der Waals surface area (Å²) >= 11 is 6.21. The summed E-state index contributed by atoms with van der Waals surface area (Å²) in [6.07, 6.45) is 2.44. The van der Waals surface area contributed by atoms with Crippen molar-refractivity contribution >= 4 is 34.9 Å². The summed E-state index contributed by atoms with van der Waals surface area (Å²) in [5, 5.41) is 3.32. The molecule has 2 heterocycles. The van der Waals surface area contributed by atoms with Crippen LogP contribution in [0.3, 0.4) is 0 Å². The average molecular weight is 495 g/mol. The third-order valence-corrected chi connectivity index (χ3v) is 6.20. The van der Waals surface area contributed by atoms with Crippen molar-refractivity contribution in [3.63, 3.8) is 0 Å². The number of pyridine rings is 1. The number of nitrogens with one attached hydrogen (secondary N) is 1. The molecular weight excluding hydrogens is 468 g/mol. The van der Waals surface area contributed by atoms with E-state index in [4.69, 9.17) is 21.1 Å². The van der Waals surface area contributed by atoms with Crippen LogP contribution in [0.1, 0.15) is 27.1 Å². The Morgan fingerprint density at radius 1 is 0.943 bits per heavy atom. The van der Waals surface area contributed by atoms with Crippen LogP contribution in [-0.4, -0.2) is 62.1 Å². The highest BCUT2D eigenvalue weighted by Gasteiger charge is 2.22. The second kappa shape index (κ2) is 11.1. The zero-order chi connectivity index (χ0) is 24.8. The summed E-state index contributed by atoms with van der Waals surface area (Å²) in [6.45, 7) is 2.64. The van der Waals surface area contributed by atoms with E-state index in [-0.39, 0.29) is 11.8 Å². The number of amides is 2. The molecule has 1 aliphatic rings. The topological polar surface area (TPSA) is 84.0 Å². The molecule has 0 atom stereocenters. The number of hydrogen-bond donors (Lipinski definition) is 1. The van der Waals surface area contributed by atoms with Crippen molar-refractivity contribution in [2.45, 2.75) is 6.42 Å². The fourth-order valence-electron chi connectivity index (χ4n) is 3.99. The number of carbonyl (C=O) groups is 2. The lowest BCUT2D eigenvalue weighted by Crippen LogP contribution is -2.35. The molecule has 0 spiro atoms. The SMILES string of the molecule is COc1ccc(C(=O)Nc2ccc(N3CCCN(C(=O)c4ccccc4Cl)CC3)nc2)c(OC)c1. The van der Waals surface area contributed by atoms with Crippen LogP contribution in [0.4, 0.5) is 11.5 Å². The molecule has 1 saturated heterocycles. The molecule has 0 saturated carbocycles. The van der Waals surface area contributed by atoms with E-state index in [1.165, 1.54) is 7.11 Å². The van der Waals surface area contributed by atoms with E-state index < -0.39 is 0 Å². The molecular formula is C26H27ClN4O4. The quantitative estimate of drug-likeness (QED) is 0.548. The summed E-state index contributed by atoms with van der Waals surface area (Å²) in [7, 11) is 3.06. The number of rotatable bonds is 6. The molecule has 0 aliphatic carbocycles. The number of anilines is 2. The number of carbonyl (C=O) groups excluding carboxylic acids is 2. The molecule has 1 aromatic heterocycles. The first-order valence-corrected chi connectivity index (χ1v) is 11.7. The lowest BCUT2D eigenvalue weighted by Gasteiger charge is -2.23. The standard InChI is InChI=1S/C26H27ClN4O4/c1-34-19-9-10-21(23(16-19)35-2)25(32)29-18-8-11-24(28-17-18)30-12-5-13-31(15-14-30)26(33)20-6-3-4-7-22(20)27/h3-4,6-11,16-17H,5,12-15H2,1-2H3,(H,29,32). The van der Waals surface area contributed by atoms with Crippen molar-refractivity contribution in [3.05, 3.63) is 76.9 Å². The number of halogens is 1. The van der Waals surface area contributed by atoms with Crippen molar-refractivity contribution in [1.82, 2.24) is 9.88 Å². The second-order valence-electron chi connectivity index (χ2n) is 8.04. The molecule has 0 bridgehead atoms. The van der Waals surface area contributed by atoms with Crippen LogP contribution in [-0.2, 0) is 0 Å². The van der Waals surface area contributed by atoms with Gasteiger partial charge in [-0.3, -0.25) is 9.59 Å². The number of benzene rings is 2. The van der Waals surface area contributed by atoms with Gasteiger partial charge >= 0.3 is 0 Å². The van der Waals surface area contributed by atoms with E-state index in [1.807, 2.05) is 29.2 Å². The molecule has 4 rings (SSSR count). The molecule has 9 heteroatoms. The van der Waals surface area contributed by atoms with Gasteiger partial charge in [0.05, 0.1) is 42.3 Å². The molecule has 182 valence electrons. The highest BCUT2D eigenvalue weighted by molar-refractivity contribution is 6.33. The fourth-order valence-corrected chi connectivity index (χ4v) is 4.20. The molecule has 1 aliphatic heterocycles. The Hall–Kier alpha value is -3.78. The first-order valence-electron chi connectivity index (χ1n) is 11.3. The summed E-state index contributed by atoms with van der Waals surface area (Å²) in [4.78, 5) is 34.2. The molecule has 2 aromatic carbocycles. The number of nitrogens with zero attached hydrogens (tertiary/aromatic N) is 3. The molecule has 0 radical (unpaired) electrons. The largest absolute Gasteiger partial charge is 0.497 e. The minimum atomic E-state index is -0.303. The number of methoxy groups -OCH3 is 2. The average Bonchev–Trinajstić information content (AvgIpc) is 3.15. The first kappa shape index (κ1) is 24.3. The Labute approximate surface area is 209 Å². The van der Waals surface area contributed by atoms with E-state index in [0.29, 0.717) is 53.0 Å². The Kier molecular flexibility index (Phi) is 7.72. The lowest BCUT2D eigenvalue weighted by molar-refractivity contribution is 0.0767. The molecule has 1 fully saturated rings. The zero-order valence-electron chi connectivity index (χ0n) is 19.7. The van der Waals surface area contributed by atoms with Crippen molar-refractivity contribution < 1.29 is 19.1 Å². The highest BCUT2D eigenvalue weighted by atomic mass is 35.5. The third-order valence-electron chi connectivity index (χ3n) is 5.87. The van der Waals surface area contributed by atoms with Crippen molar-refractivity contribution in [3.8, 4) is 11.5 Å². The maximum Gasteiger partial charge on any atom is 0.259 e. The number of aromatic nitrogens is 1. The molecule has 8 nitrogen and oxygen atoms in total. The van der Waals surface area contributed by atoms with E-state index in [2.05, 4.69) is 15.2 Å². The lowest BCUT2D eigenvalue weighted by atomic mass is 10.1. The molecule has 2 amide bonds. The van der Waals surface area contributed by atoms with Gasteiger partial charge in [-0.25, -0.2) is 4.98 Å². The van der Waals surface area contributed by atoms with Crippen LogP contribution >= 0.6 is 11.6 Å². The summed E-state index contributed by atoms with van der Waals surface area (Å²) in [6, 6.07) is 15.8. The monoisotopic (exact) mass is 494 g/mol. The van der Waals surface area contributed by atoms with Gasteiger partial charge in [-0.15, -0.1) is 0 Å². The molecule has 3 aromatic rings. The molecule has 0 unspecified atom stereocenters. The third kappa shape index (κ3) is 5.66. The van der Waals surface area contributed by atoms with Crippen molar-refractivity contribution in [2.24, 2.45) is 0 Å². The van der Waals surface area contributed by atoms with E-state index in [1.54, 1.807) is 43.6 Å². The van der Waals surface area contributed by atoms with E-state index >= 15 is 0 Å². The van der Waals surface area contributed by atoms with E-state index in [9.17, 15) is 9.59 Å². The Morgan fingerprint density at radius 2 is 1.77 bits per heavy atom. The summed E-state index contributed by atoms with van der Waals surface area (Å²) < 4.78 is 10.5. The summed E-state index contributed by atoms with van der Waals surface area (Å²) in [5.41, 5.74) is 1.49. The van der Waals surface area contributed by atoms with Gasteiger partial charge in [0.25, 0.3) is 11.8 Å². The Bertz CT molecular complexity index is 1200. The van der Waals surface area contributed by atoms with Crippen LogP contribution in [0.5, 0.6) is 11.5 Å². The van der Waals surface area contributed by atoms with Crippen LogP contribution in [0.15, 0.2) is 60.8 Å². The van der Waals surface area contributed by atoms with Crippen LogP contribution in [0, 0.1) is 0 Å². The normalized spacial score (nSPS) is 13.7. The predicted molar refractivity (Wildman–Crippen MR) is 136 cm³/mol. The minimum absolute atomic E-state index is 0.0579. The number of hydrogen-bond acceptors (Lipinski definition) is 6. The second-order valence-corrected chi connectivity index (χ2v) is 8.45. The van der Waals surface area contributed by atoms with Gasteiger partial charge < -0.3 is 24.6 Å². The van der Waals surface area contributed by atoms with Crippen LogP contribution in [0.2, 0.25) is 5.02 Å². The maximum atomic E-state index is 12.9. The maximum absolute atomic E-state index is 12.9. The van der Waals surface area contributed by atoms with Gasteiger partial charge in [-0.2, -0.15) is 0 Å². The van der Waals surface area contributed by atoms with Crippen LogP contribution in [0.25, 0.3) is 0 Å². The van der Waals surface area contributed by atoms with E-state index in [0.717, 1.165) is 18.8 Å². The van der Waals surface area contributed by atoms with Gasteiger partial charge in [0.2, 0.25) is 0 Å². The van der Waals surface area contributed by atoms with Crippen molar-refractivity contribution in [2.75, 3.05) is 50.6 Å². The zero-order valence-corrected chi connectivity index (χ0v) is 20.4. The van der Waals surface area contributed by atoms with Gasteiger partial charge in [0, 0.05) is 32.2 Å². The Balaban J connectivity index is 1.39. The van der Waals surface area contributed by atoms with Gasteiger partial charge in [-0.05, 0) is 42.8 Å². The summed E-state index contributed by atoms with van der Waals surface area (Å²) in [5.74, 6) is 1.46. The van der Waals surface area contributed by atoms with Crippen LogP contribution < -0.4 is 19.7 Å². The van der Waals surface area contributed by atoms with Gasteiger partial charge in [-0.1, -0.05) is 23.7 Å². The highest BCUT2D eigenvalue weighted by Crippen LogP contribution is 2.26. The first-order chi connectivity index (χ1) is 17.0. The molecule has 1 N–H and O–H groups in total. The van der Waals surface area contributed by atoms with Gasteiger partial charge in [0.1, 0.15) is 17.3 Å². The van der Waals surface area contributed by atoms with Gasteiger partial charge in [0.15, 0.2) is 0 Å². The molecule has 35 heavy (non-hydrogen) atoms. The Morgan fingerprint density at radius 3 is 2.49 bits per heavy atom. The predicted octanol–water partition coefficient (Wildman–Crippen LogP) is 4.36. The van der Waals surface area contributed by atoms with Crippen molar-refractivity contribution in [1.29, 1.82) is 0 Å². The minimum Gasteiger partial charge on any atom is -0.497 e. The number of ether oxygens (including phenoxy) is 2. The smallest absolute Gasteiger partial charge is 0.259 e.